The molecule has 0 saturated heterocycles. The maximum atomic E-state index is 11.1. The normalized spacial score (nSPS) is 11.6. The lowest BCUT2D eigenvalue weighted by atomic mass is 10.2. The molecule has 0 aliphatic heterocycles. The van der Waals surface area contributed by atoms with E-state index in [1.54, 1.807) is 6.92 Å². The third-order valence-electron chi connectivity index (χ3n) is 1.57. The average Bonchev–Trinajstić information content (AvgIpc) is 2.14. The van der Waals surface area contributed by atoms with Gasteiger partial charge in [-0.1, -0.05) is 12.2 Å². The number of hydrogen-bond donors (Lipinski definition) is 4. The average molecular weight is 216 g/mol. The van der Waals surface area contributed by atoms with E-state index in [0.717, 1.165) is 5.57 Å². The Hall–Kier alpha value is -1.56. The molecular weight excluding hydrogens is 200 g/mol. The lowest BCUT2D eigenvalue weighted by molar-refractivity contribution is -0.139. The van der Waals surface area contributed by atoms with Gasteiger partial charge in [0.05, 0.1) is 0 Å². The Kier molecular flexibility index (Phi) is 6.12. The number of carbonyl (C=O) groups is 2. The van der Waals surface area contributed by atoms with Crippen molar-refractivity contribution in [2.45, 2.75) is 19.4 Å². The van der Waals surface area contributed by atoms with E-state index in [4.69, 9.17) is 10.2 Å². The van der Waals surface area contributed by atoms with Gasteiger partial charge in [-0.3, -0.25) is 0 Å². The molecule has 0 unspecified atom stereocenters. The molecule has 0 aliphatic carbocycles. The van der Waals surface area contributed by atoms with Crippen LogP contribution in [0.15, 0.2) is 12.2 Å². The number of hydrogen-bond acceptors (Lipinski definition) is 3. The van der Waals surface area contributed by atoms with E-state index in [2.05, 4.69) is 17.2 Å². The van der Waals surface area contributed by atoms with E-state index < -0.39 is 18.0 Å². The molecule has 15 heavy (non-hydrogen) atoms. The molecule has 0 saturated carbocycles. The number of amides is 2. The first-order valence-corrected chi connectivity index (χ1v) is 4.49. The van der Waals surface area contributed by atoms with Crippen LogP contribution in [0, 0.1) is 0 Å². The Balaban J connectivity index is 3.99. The SMILES string of the molecule is C=C(C)CNC(=O)N[C@@H](CCO)C(=O)O. The number of carbonyl (C=O) groups excluding carboxylic acids is 1. The summed E-state index contributed by atoms with van der Waals surface area (Å²) in [6.07, 6.45) is -0.0180. The summed E-state index contributed by atoms with van der Waals surface area (Å²) in [6, 6.07) is -1.65. The number of urea groups is 1. The Morgan fingerprint density at radius 3 is 2.47 bits per heavy atom. The number of carboxylic acids is 1. The van der Waals surface area contributed by atoms with Gasteiger partial charge >= 0.3 is 12.0 Å². The van der Waals surface area contributed by atoms with E-state index in [0.29, 0.717) is 0 Å². The summed E-state index contributed by atoms with van der Waals surface area (Å²) in [5.41, 5.74) is 0.763. The molecule has 1 atom stereocenters. The first kappa shape index (κ1) is 13.4. The first-order chi connectivity index (χ1) is 6.97. The van der Waals surface area contributed by atoms with Gasteiger partial charge in [-0.2, -0.15) is 0 Å². The van der Waals surface area contributed by atoms with Crippen molar-refractivity contribution in [3.63, 3.8) is 0 Å². The largest absolute Gasteiger partial charge is 0.480 e. The minimum atomic E-state index is -1.17. The fourth-order valence-electron chi connectivity index (χ4n) is 0.827. The topological polar surface area (TPSA) is 98.7 Å². The molecule has 0 rings (SSSR count). The van der Waals surface area contributed by atoms with E-state index in [1.165, 1.54) is 0 Å². The van der Waals surface area contributed by atoms with Gasteiger partial charge in [0.2, 0.25) is 0 Å². The van der Waals surface area contributed by atoms with Gasteiger partial charge in [0.25, 0.3) is 0 Å². The third kappa shape index (κ3) is 6.50. The highest BCUT2D eigenvalue weighted by atomic mass is 16.4. The number of aliphatic carboxylic acids is 1. The Morgan fingerprint density at radius 2 is 2.07 bits per heavy atom. The van der Waals surface area contributed by atoms with Crippen LogP contribution < -0.4 is 10.6 Å². The van der Waals surface area contributed by atoms with Crippen molar-refractivity contribution in [1.29, 1.82) is 0 Å². The fraction of sp³-hybridized carbons (Fsp3) is 0.556. The third-order valence-corrected chi connectivity index (χ3v) is 1.57. The van der Waals surface area contributed by atoms with Gasteiger partial charge in [-0.15, -0.1) is 0 Å². The zero-order chi connectivity index (χ0) is 11.8. The van der Waals surface area contributed by atoms with Crippen molar-refractivity contribution in [2.24, 2.45) is 0 Å². The van der Waals surface area contributed by atoms with E-state index in [1.807, 2.05) is 0 Å². The second kappa shape index (κ2) is 6.83. The summed E-state index contributed by atoms with van der Waals surface area (Å²) < 4.78 is 0. The summed E-state index contributed by atoms with van der Waals surface area (Å²) in [5.74, 6) is -1.17. The van der Waals surface area contributed by atoms with Crippen LogP contribution in [-0.2, 0) is 4.79 Å². The maximum Gasteiger partial charge on any atom is 0.326 e. The van der Waals surface area contributed by atoms with Crippen molar-refractivity contribution in [1.82, 2.24) is 10.6 Å². The molecule has 0 aromatic rings. The summed E-state index contributed by atoms with van der Waals surface area (Å²) in [6.45, 7) is 5.31. The molecule has 6 nitrogen and oxygen atoms in total. The molecule has 86 valence electrons. The van der Waals surface area contributed by atoms with E-state index >= 15 is 0 Å². The predicted octanol–water partition coefficient (Wildman–Crippen LogP) is -0.303. The Morgan fingerprint density at radius 1 is 1.47 bits per heavy atom. The van der Waals surface area contributed by atoms with E-state index in [9.17, 15) is 9.59 Å². The Labute approximate surface area is 88.0 Å². The van der Waals surface area contributed by atoms with Crippen LogP contribution in [0.2, 0.25) is 0 Å². The highest BCUT2D eigenvalue weighted by Gasteiger charge is 2.18. The molecule has 6 heteroatoms. The summed E-state index contributed by atoms with van der Waals surface area (Å²) >= 11 is 0. The molecule has 0 aliphatic rings. The van der Waals surface area contributed by atoms with Crippen LogP contribution >= 0.6 is 0 Å². The van der Waals surface area contributed by atoms with Crippen molar-refractivity contribution < 1.29 is 19.8 Å². The zero-order valence-electron chi connectivity index (χ0n) is 8.62. The van der Waals surface area contributed by atoms with Gasteiger partial charge in [-0.05, 0) is 6.92 Å². The smallest absolute Gasteiger partial charge is 0.326 e. The van der Waals surface area contributed by atoms with Crippen LogP contribution in [0.1, 0.15) is 13.3 Å². The minimum Gasteiger partial charge on any atom is -0.480 e. The van der Waals surface area contributed by atoms with Crippen molar-refractivity contribution in [3.8, 4) is 0 Å². The molecule has 0 aromatic carbocycles. The standard InChI is InChI=1S/C9H16N2O4/c1-6(2)5-10-9(15)11-7(3-4-12)8(13)14/h7,12H,1,3-5H2,2H3,(H,13,14)(H2,10,11,15)/t7-/m0/s1. The zero-order valence-corrected chi connectivity index (χ0v) is 8.62. The fourth-order valence-corrected chi connectivity index (χ4v) is 0.827. The quantitative estimate of drug-likeness (QED) is 0.458. The van der Waals surface area contributed by atoms with E-state index in [-0.39, 0.29) is 19.6 Å². The van der Waals surface area contributed by atoms with Gasteiger partial charge in [-0.25, -0.2) is 9.59 Å². The second-order valence-electron chi connectivity index (χ2n) is 3.19. The number of aliphatic hydroxyl groups excluding tert-OH is 1. The van der Waals surface area contributed by atoms with Crippen LogP contribution in [0.5, 0.6) is 0 Å². The highest BCUT2D eigenvalue weighted by molar-refractivity contribution is 5.82. The minimum absolute atomic E-state index is 0.0180. The van der Waals surface area contributed by atoms with Gasteiger partial charge in [0, 0.05) is 19.6 Å². The number of nitrogens with one attached hydrogen (secondary N) is 2. The molecule has 4 N–H and O–H groups in total. The highest BCUT2D eigenvalue weighted by Crippen LogP contribution is 1.91. The second-order valence-corrected chi connectivity index (χ2v) is 3.19. The van der Waals surface area contributed by atoms with Crippen LogP contribution in [0.25, 0.3) is 0 Å². The molecule has 0 radical (unpaired) electrons. The maximum absolute atomic E-state index is 11.1. The lowest BCUT2D eigenvalue weighted by Crippen LogP contribution is -2.46. The van der Waals surface area contributed by atoms with Gasteiger partial charge in [0.15, 0.2) is 0 Å². The van der Waals surface area contributed by atoms with Crippen LogP contribution in [0.4, 0.5) is 4.79 Å². The molecular formula is C9H16N2O4. The molecule has 0 bridgehead atoms. The van der Waals surface area contributed by atoms with Gasteiger partial charge < -0.3 is 20.8 Å². The Bertz CT molecular complexity index is 252. The van der Waals surface area contributed by atoms with Gasteiger partial charge in [0.1, 0.15) is 6.04 Å². The lowest BCUT2D eigenvalue weighted by Gasteiger charge is -2.13. The van der Waals surface area contributed by atoms with Crippen molar-refractivity contribution in [2.75, 3.05) is 13.2 Å². The number of carboxylic acid groups (broad SMARTS) is 1. The summed E-state index contributed by atoms with van der Waals surface area (Å²) in [5, 5.41) is 21.9. The monoisotopic (exact) mass is 216 g/mol. The molecule has 0 fully saturated rings. The predicted molar refractivity (Wildman–Crippen MR) is 54.5 cm³/mol. The first-order valence-electron chi connectivity index (χ1n) is 4.49. The molecule has 0 heterocycles. The summed E-state index contributed by atoms with van der Waals surface area (Å²) in [7, 11) is 0. The van der Waals surface area contributed by atoms with Crippen molar-refractivity contribution >= 4 is 12.0 Å². The number of aliphatic hydroxyl groups is 1. The van der Waals surface area contributed by atoms with Crippen molar-refractivity contribution in [3.05, 3.63) is 12.2 Å². The van der Waals surface area contributed by atoms with Crippen LogP contribution in [-0.4, -0.2) is 41.4 Å². The molecule has 0 aromatic heterocycles. The number of rotatable bonds is 6. The summed E-state index contributed by atoms with van der Waals surface area (Å²) in [4.78, 5) is 21.7. The van der Waals surface area contributed by atoms with Crippen LogP contribution in [0.3, 0.4) is 0 Å². The molecule has 0 spiro atoms. The molecule has 2 amide bonds.